The molecule has 25 heavy (non-hydrogen) atoms. The average Bonchev–Trinajstić information content (AvgIpc) is 3.03. The van der Waals surface area contributed by atoms with Gasteiger partial charge in [-0.1, -0.05) is 18.2 Å². The summed E-state index contributed by atoms with van der Waals surface area (Å²) in [5, 5.41) is 7.20. The molecule has 0 aliphatic carbocycles. The largest absolute Gasteiger partial charge is 0.369 e. The summed E-state index contributed by atoms with van der Waals surface area (Å²) >= 11 is 0. The number of rotatable bonds is 9. The van der Waals surface area contributed by atoms with E-state index in [1.54, 1.807) is 11.1 Å². The molecule has 0 atom stereocenters. The van der Waals surface area contributed by atoms with Crippen molar-refractivity contribution in [2.24, 2.45) is 5.73 Å². The zero-order chi connectivity index (χ0) is 18.2. The van der Waals surface area contributed by atoms with Gasteiger partial charge in [-0.3, -0.25) is 14.5 Å². The van der Waals surface area contributed by atoms with Gasteiger partial charge in [0.25, 0.3) is 0 Å². The molecule has 134 valence electrons. The highest BCUT2D eigenvalue weighted by molar-refractivity contribution is 5.80. The number of para-hydroxylation sites is 1. The number of carbonyl (C=O) groups is 2. The number of nitrogens with one attached hydrogen (secondary N) is 1. The van der Waals surface area contributed by atoms with E-state index in [1.807, 2.05) is 55.1 Å². The summed E-state index contributed by atoms with van der Waals surface area (Å²) in [6.07, 6.45) is 4.44. The third-order valence-electron chi connectivity index (χ3n) is 3.83. The van der Waals surface area contributed by atoms with Crippen LogP contribution in [0.2, 0.25) is 0 Å². The second-order valence-electron chi connectivity index (χ2n) is 6.19. The Labute approximate surface area is 147 Å². The van der Waals surface area contributed by atoms with Gasteiger partial charge in [0.05, 0.1) is 25.0 Å². The molecule has 0 unspecified atom stereocenters. The molecule has 2 aromatic rings. The monoisotopic (exact) mass is 343 g/mol. The highest BCUT2D eigenvalue weighted by atomic mass is 16.2. The Morgan fingerprint density at radius 3 is 2.60 bits per heavy atom. The number of amides is 2. The van der Waals surface area contributed by atoms with Gasteiger partial charge in [0.1, 0.15) is 0 Å². The quantitative estimate of drug-likeness (QED) is 0.702. The van der Waals surface area contributed by atoms with Crippen molar-refractivity contribution >= 4 is 11.8 Å². The summed E-state index contributed by atoms with van der Waals surface area (Å²) in [5.74, 6) is -0.555. The Bertz CT molecular complexity index is 697. The lowest BCUT2D eigenvalue weighted by molar-refractivity contribution is -0.124. The Kier molecular flexibility index (Phi) is 6.71. The zero-order valence-electron chi connectivity index (χ0n) is 14.7. The smallest absolute Gasteiger partial charge is 0.234 e. The minimum atomic E-state index is -0.435. The van der Waals surface area contributed by atoms with Crippen molar-refractivity contribution in [2.45, 2.75) is 26.3 Å². The lowest BCUT2D eigenvalue weighted by atomic mass is 10.2. The number of aromatic nitrogens is 2. The first-order valence-corrected chi connectivity index (χ1v) is 8.33. The Hall–Kier alpha value is -2.67. The Balaban J connectivity index is 1.79. The van der Waals surface area contributed by atoms with Crippen LogP contribution in [0.5, 0.6) is 0 Å². The molecule has 1 aromatic heterocycles. The van der Waals surface area contributed by atoms with Crippen molar-refractivity contribution in [2.75, 3.05) is 19.6 Å². The first-order chi connectivity index (χ1) is 12.0. The SMILES string of the molecule is CC(C)N(CC(N)=O)CC(=O)NCCc1cnn(-c2ccccc2)c1. The fourth-order valence-corrected chi connectivity index (χ4v) is 2.42. The van der Waals surface area contributed by atoms with Crippen LogP contribution >= 0.6 is 0 Å². The Morgan fingerprint density at radius 1 is 1.24 bits per heavy atom. The van der Waals surface area contributed by atoms with Gasteiger partial charge in [0.15, 0.2) is 0 Å². The van der Waals surface area contributed by atoms with Gasteiger partial charge in [-0.25, -0.2) is 4.68 Å². The normalized spacial score (nSPS) is 11.0. The van der Waals surface area contributed by atoms with Crippen molar-refractivity contribution in [3.05, 3.63) is 48.3 Å². The van der Waals surface area contributed by atoms with Crippen LogP contribution in [0.3, 0.4) is 0 Å². The third-order valence-corrected chi connectivity index (χ3v) is 3.83. The molecule has 7 heteroatoms. The molecule has 0 aliphatic rings. The maximum Gasteiger partial charge on any atom is 0.234 e. The van der Waals surface area contributed by atoms with Gasteiger partial charge in [-0.05, 0) is 38.0 Å². The van der Waals surface area contributed by atoms with Crippen LogP contribution in [0.25, 0.3) is 5.69 Å². The number of primary amides is 1. The Morgan fingerprint density at radius 2 is 1.96 bits per heavy atom. The number of hydrogen-bond donors (Lipinski definition) is 2. The summed E-state index contributed by atoms with van der Waals surface area (Å²) in [5.41, 5.74) is 7.25. The fourth-order valence-electron chi connectivity index (χ4n) is 2.42. The third kappa shape index (κ3) is 6.04. The molecule has 1 heterocycles. The first kappa shape index (κ1) is 18.7. The van der Waals surface area contributed by atoms with Crippen molar-refractivity contribution < 1.29 is 9.59 Å². The van der Waals surface area contributed by atoms with Gasteiger partial charge < -0.3 is 11.1 Å². The fraction of sp³-hybridized carbons (Fsp3) is 0.389. The second kappa shape index (κ2) is 8.98. The summed E-state index contributed by atoms with van der Waals surface area (Å²) in [4.78, 5) is 24.8. The molecule has 0 fully saturated rings. The van der Waals surface area contributed by atoms with Crippen molar-refractivity contribution in [3.63, 3.8) is 0 Å². The summed E-state index contributed by atoms with van der Waals surface area (Å²) in [7, 11) is 0. The maximum atomic E-state index is 12.0. The topological polar surface area (TPSA) is 93.2 Å². The minimum Gasteiger partial charge on any atom is -0.369 e. The second-order valence-corrected chi connectivity index (χ2v) is 6.19. The van der Waals surface area contributed by atoms with Crippen molar-refractivity contribution in [3.8, 4) is 5.69 Å². The van der Waals surface area contributed by atoms with E-state index in [1.165, 1.54) is 0 Å². The highest BCUT2D eigenvalue weighted by Gasteiger charge is 2.15. The van der Waals surface area contributed by atoms with Crippen molar-refractivity contribution in [1.82, 2.24) is 20.0 Å². The molecular formula is C18H25N5O2. The van der Waals surface area contributed by atoms with Gasteiger partial charge >= 0.3 is 0 Å². The molecule has 2 amide bonds. The molecular weight excluding hydrogens is 318 g/mol. The standard InChI is InChI=1S/C18H25N5O2/c1-14(2)22(12-17(19)24)13-18(25)20-9-8-15-10-21-23(11-15)16-6-4-3-5-7-16/h3-7,10-11,14H,8-9,12-13H2,1-2H3,(H2,19,24)(H,20,25). The van der Waals surface area contributed by atoms with Gasteiger partial charge in [-0.2, -0.15) is 5.10 Å². The van der Waals surface area contributed by atoms with E-state index in [4.69, 9.17) is 5.73 Å². The summed E-state index contributed by atoms with van der Waals surface area (Å²) < 4.78 is 1.81. The molecule has 2 rings (SSSR count). The van der Waals surface area contributed by atoms with Crippen molar-refractivity contribution in [1.29, 1.82) is 0 Å². The van der Waals surface area contributed by atoms with Gasteiger partial charge in [0.2, 0.25) is 11.8 Å². The number of hydrogen-bond acceptors (Lipinski definition) is 4. The van der Waals surface area contributed by atoms with Crippen LogP contribution < -0.4 is 11.1 Å². The van der Waals surface area contributed by atoms with Crippen LogP contribution in [0.1, 0.15) is 19.4 Å². The number of benzene rings is 1. The van der Waals surface area contributed by atoms with Crippen LogP contribution in [0.15, 0.2) is 42.7 Å². The highest BCUT2D eigenvalue weighted by Crippen LogP contribution is 2.07. The van der Waals surface area contributed by atoms with Gasteiger partial charge in [0, 0.05) is 18.8 Å². The van der Waals surface area contributed by atoms with E-state index in [0.29, 0.717) is 13.0 Å². The van der Waals surface area contributed by atoms with Crippen LogP contribution in [0.4, 0.5) is 0 Å². The van der Waals surface area contributed by atoms with Crippen LogP contribution in [-0.4, -0.2) is 52.2 Å². The predicted molar refractivity (Wildman–Crippen MR) is 96.2 cm³/mol. The first-order valence-electron chi connectivity index (χ1n) is 8.33. The lowest BCUT2D eigenvalue weighted by Crippen LogP contribution is -2.45. The average molecular weight is 343 g/mol. The van der Waals surface area contributed by atoms with E-state index >= 15 is 0 Å². The summed E-state index contributed by atoms with van der Waals surface area (Å²) in [6, 6.07) is 9.92. The number of nitrogens with two attached hydrogens (primary N) is 1. The molecule has 0 saturated heterocycles. The van der Waals surface area contributed by atoms with E-state index in [0.717, 1.165) is 11.3 Å². The molecule has 0 saturated carbocycles. The molecule has 3 N–H and O–H groups in total. The molecule has 0 radical (unpaired) electrons. The van der Waals surface area contributed by atoms with Crippen LogP contribution in [-0.2, 0) is 16.0 Å². The summed E-state index contributed by atoms with van der Waals surface area (Å²) in [6.45, 7) is 4.60. The molecule has 0 bridgehead atoms. The molecule has 7 nitrogen and oxygen atoms in total. The number of carbonyl (C=O) groups excluding carboxylic acids is 2. The van der Waals surface area contributed by atoms with Gasteiger partial charge in [-0.15, -0.1) is 0 Å². The van der Waals surface area contributed by atoms with E-state index in [-0.39, 0.29) is 25.0 Å². The van der Waals surface area contributed by atoms with E-state index in [9.17, 15) is 9.59 Å². The van der Waals surface area contributed by atoms with Crippen LogP contribution in [0, 0.1) is 0 Å². The molecule has 1 aromatic carbocycles. The van der Waals surface area contributed by atoms with E-state index < -0.39 is 5.91 Å². The van der Waals surface area contributed by atoms with E-state index in [2.05, 4.69) is 10.4 Å². The number of nitrogens with zero attached hydrogens (tertiary/aromatic N) is 3. The molecule has 0 aliphatic heterocycles. The molecule has 0 spiro atoms. The zero-order valence-corrected chi connectivity index (χ0v) is 14.7. The predicted octanol–water partition coefficient (Wildman–Crippen LogP) is 0.727. The minimum absolute atomic E-state index is 0.0716. The maximum absolute atomic E-state index is 12.0. The lowest BCUT2D eigenvalue weighted by Gasteiger charge is -2.24.